The standard InChI is InChI=1S/C13H19N3OS/c1-9(2)7-12-15-16-13(18-12)14-10(3)8-11-5-4-6-17-11/h4-6,9-10H,7-8H2,1-3H3,(H,14,16). The van der Waals surface area contributed by atoms with E-state index in [9.17, 15) is 0 Å². The van der Waals surface area contributed by atoms with Gasteiger partial charge in [0.1, 0.15) is 10.8 Å². The zero-order valence-electron chi connectivity index (χ0n) is 11.0. The molecule has 1 unspecified atom stereocenters. The highest BCUT2D eigenvalue weighted by Crippen LogP contribution is 2.19. The van der Waals surface area contributed by atoms with Gasteiger partial charge in [-0.25, -0.2) is 0 Å². The number of rotatable bonds is 6. The number of hydrogen-bond donors (Lipinski definition) is 1. The van der Waals surface area contributed by atoms with Crippen LogP contribution in [0.3, 0.4) is 0 Å². The van der Waals surface area contributed by atoms with Gasteiger partial charge >= 0.3 is 0 Å². The molecule has 2 heterocycles. The first-order valence-corrected chi connectivity index (χ1v) is 7.06. The molecule has 18 heavy (non-hydrogen) atoms. The molecule has 0 radical (unpaired) electrons. The van der Waals surface area contributed by atoms with Gasteiger partial charge in [-0.15, -0.1) is 10.2 Å². The van der Waals surface area contributed by atoms with Crippen LogP contribution in [0, 0.1) is 5.92 Å². The molecular formula is C13H19N3OS. The summed E-state index contributed by atoms with van der Waals surface area (Å²) in [4.78, 5) is 0. The Balaban J connectivity index is 1.87. The maximum atomic E-state index is 5.33. The van der Waals surface area contributed by atoms with Crippen LogP contribution < -0.4 is 5.32 Å². The normalized spacial score (nSPS) is 12.9. The molecule has 98 valence electrons. The summed E-state index contributed by atoms with van der Waals surface area (Å²) in [5, 5.41) is 13.7. The molecule has 0 aromatic carbocycles. The van der Waals surface area contributed by atoms with Crippen LogP contribution in [0.5, 0.6) is 0 Å². The summed E-state index contributed by atoms with van der Waals surface area (Å²) < 4.78 is 5.33. The zero-order valence-corrected chi connectivity index (χ0v) is 11.8. The van der Waals surface area contributed by atoms with Crippen LogP contribution in [0.4, 0.5) is 5.13 Å². The highest BCUT2D eigenvalue weighted by Gasteiger charge is 2.10. The molecule has 0 fully saturated rings. The largest absolute Gasteiger partial charge is 0.469 e. The fourth-order valence-electron chi connectivity index (χ4n) is 1.74. The molecule has 0 aliphatic carbocycles. The van der Waals surface area contributed by atoms with Gasteiger partial charge in [-0.1, -0.05) is 25.2 Å². The monoisotopic (exact) mass is 265 g/mol. The van der Waals surface area contributed by atoms with Crippen LogP contribution in [0.15, 0.2) is 22.8 Å². The van der Waals surface area contributed by atoms with Gasteiger partial charge in [-0.05, 0) is 25.0 Å². The van der Waals surface area contributed by atoms with Gasteiger partial charge in [0.15, 0.2) is 0 Å². The molecule has 0 aliphatic rings. The van der Waals surface area contributed by atoms with Crippen molar-refractivity contribution in [3.63, 3.8) is 0 Å². The lowest BCUT2D eigenvalue weighted by Crippen LogP contribution is -2.17. The molecule has 0 spiro atoms. The lowest BCUT2D eigenvalue weighted by molar-refractivity contribution is 0.497. The summed E-state index contributed by atoms with van der Waals surface area (Å²) in [6.45, 7) is 6.49. The lowest BCUT2D eigenvalue weighted by atomic mass is 10.1. The van der Waals surface area contributed by atoms with Crippen LogP contribution in [0.2, 0.25) is 0 Å². The van der Waals surface area contributed by atoms with Gasteiger partial charge in [-0.2, -0.15) is 0 Å². The van der Waals surface area contributed by atoms with E-state index in [2.05, 4.69) is 36.3 Å². The SMILES string of the molecule is CC(C)Cc1nnc(NC(C)Cc2ccco2)s1. The number of hydrogen-bond acceptors (Lipinski definition) is 5. The summed E-state index contributed by atoms with van der Waals surface area (Å²) in [5.41, 5.74) is 0. The molecule has 1 N–H and O–H groups in total. The summed E-state index contributed by atoms with van der Waals surface area (Å²) >= 11 is 1.64. The van der Waals surface area contributed by atoms with Crippen molar-refractivity contribution in [2.75, 3.05) is 5.32 Å². The Morgan fingerprint density at radius 1 is 1.28 bits per heavy atom. The molecule has 2 aromatic rings. The van der Waals surface area contributed by atoms with Gasteiger partial charge < -0.3 is 9.73 Å². The molecule has 0 amide bonds. The van der Waals surface area contributed by atoms with Crippen LogP contribution in [0.25, 0.3) is 0 Å². The van der Waals surface area contributed by atoms with E-state index >= 15 is 0 Å². The van der Waals surface area contributed by atoms with E-state index in [4.69, 9.17) is 4.42 Å². The Kier molecular flexibility index (Phi) is 4.36. The van der Waals surface area contributed by atoms with Crippen molar-refractivity contribution < 1.29 is 4.42 Å². The van der Waals surface area contributed by atoms with Crippen molar-refractivity contribution >= 4 is 16.5 Å². The highest BCUT2D eigenvalue weighted by molar-refractivity contribution is 7.15. The maximum Gasteiger partial charge on any atom is 0.205 e. The highest BCUT2D eigenvalue weighted by atomic mass is 32.1. The third-order valence-corrected chi connectivity index (χ3v) is 3.38. The topological polar surface area (TPSA) is 51.0 Å². The van der Waals surface area contributed by atoms with Crippen LogP contribution in [-0.2, 0) is 12.8 Å². The van der Waals surface area contributed by atoms with E-state index in [1.54, 1.807) is 17.6 Å². The van der Waals surface area contributed by atoms with Crippen molar-refractivity contribution in [1.29, 1.82) is 0 Å². The Morgan fingerprint density at radius 2 is 2.11 bits per heavy atom. The number of furan rings is 1. The summed E-state index contributed by atoms with van der Waals surface area (Å²) in [5.74, 6) is 1.60. The smallest absolute Gasteiger partial charge is 0.205 e. The van der Waals surface area contributed by atoms with Crippen molar-refractivity contribution in [3.8, 4) is 0 Å². The second-order valence-corrected chi connectivity index (χ2v) is 5.99. The number of nitrogens with zero attached hydrogens (tertiary/aromatic N) is 2. The zero-order chi connectivity index (χ0) is 13.0. The van der Waals surface area contributed by atoms with Crippen molar-refractivity contribution in [1.82, 2.24) is 10.2 Å². The molecule has 4 nitrogen and oxygen atoms in total. The van der Waals surface area contributed by atoms with Crippen molar-refractivity contribution in [2.24, 2.45) is 5.92 Å². The van der Waals surface area contributed by atoms with E-state index < -0.39 is 0 Å². The fourth-order valence-corrected chi connectivity index (χ4v) is 2.80. The van der Waals surface area contributed by atoms with E-state index in [1.165, 1.54) is 0 Å². The fraction of sp³-hybridized carbons (Fsp3) is 0.538. The average molecular weight is 265 g/mol. The Labute approximate surface area is 111 Å². The van der Waals surface area contributed by atoms with Gasteiger partial charge in [-0.3, -0.25) is 0 Å². The van der Waals surface area contributed by atoms with Gasteiger partial charge in [0.25, 0.3) is 0 Å². The second kappa shape index (κ2) is 6.00. The van der Waals surface area contributed by atoms with E-state index in [0.717, 1.165) is 28.7 Å². The van der Waals surface area contributed by atoms with Crippen LogP contribution >= 0.6 is 11.3 Å². The van der Waals surface area contributed by atoms with Crippen LogP contribution in [-0.4, -0.2) is 16.2 Å². The molecule has 0 saturated heterocycles. The van der Waals surface area contributed by atoms with Crippen LogP contribution in [0.1, 0.15) is 31.5 Å². The first-order valence-electron chi connectivity index (χ1n) is 6.24. The molecule has 2 rings (SSSR count). The summed E-state index contributed by atoms with van der Waals surface area (Å²) in [6.07, 6.45) is 3.55. The average Bonchev–Trinajstić information content (AvgIpc) is 2.89. The Morgan fingerprint density at radius 3 is 2.78 bits per heavy atom. The van der Waals surface area contributed by atoms with Crippen molar-refractivity contribution in [2.45, 2.75) is 39.7 Å². The predicted molar refractivity (Wildman–Crippen MR) is 73.9 cm³/mol. The Hall–Kier alpha value is -1.36. The van der Waals surface area contributed by atoms with E-state index in [0.29, 0.717) is 5.92 Å². The minimum Gasteiger partial charge on any atom is -0.469 e. The number of nitrogens with one attached hydrogen (secondary N) is 1. The van der Waals surface area contributed by atoms with E-state index in [1.807, 2.05) is 12.1 Å². The number of aromatic nitrogens is 2. The quantitative estimate of drug-likeness (QED) is 0.870. The van der Waals surface area contributed by atoms with Crippen molar-refractivity contribution in [3.05, 3.63) is 29.2 Å². The minimum atomic E-state index is 0.288. The third kappa shape index (κ3) is 3.84. The summed E-state index contributed by atoms with van der Waals surface area (Å²) in [6, 6.07) is 4.19. The molecule has 0 saturated carbocycles. The molecule has 5 heteroatoms. The molecular weight excluding hydrogens is 246 g/mol. The number of anilines is 1. The Bertz CT molecular complexity index is 464. The van der Waals surface area contributed by atoms with Gasteiger partial charge in [0, 0.05) is 18.9 Å². The predicted octanol–water partition coefficient (Wildman–Crippen LogP) is 3.37. The molecule has 0 bridgehead atoms. The first kappa shape index (κ1) is 13.1. The van der Waals surface area contributed by atoms with E-state index in [-0.39, 0.29) is 6.04 Å². The summed E-state index contributed by atoms with van der Waals surface area (Å²) in [7, 11) is 0. The first-order chi connectivity index (χ1) is 8.63. The minimum absolute atomic E-state index is 0.288. The van der Waals surface area contributed by atoms with Gasteiger partial charge in [0.2, 0.25) is 5.13 Å². The second-order valence-electron chi connectivity index (χ2n) is 4.93. The third-order valence-electron chi connectivity index (χ3n) is 2.51. The lowest BCUT2D eigenvalue weighted by Gasteiger charge is -2.10. The van der Waals surface area contributed by atoms with Gasteiger partial charge in [0.05, 0.1) is 6.26 Å². The maximum absolute atomic E-state index is 5.33. The molecule has 2 aromatic heterocycles. The molecule has 1 atom stereocenters. The molecule has 0 aliphatic heterocycles.